The van der Waals surface area contributed by atoms with Crippen LogP contribution in [0.3, 0.4) is 0 Å². The molecule has 1 saturated heterocycles. The summed E-state index contributed by atoms with van der Waals surface area (Å²) in [6.07, 6.45) is 3.65. The number of halogens is 3. The minimum atomic E-state index is -2.88. The van der Waals surface area contributed by atoms with Crippen molar-refractivity contribution in [3.8, 4) is 17.1 Å². The summed E-state index contributed by atoms with van der Waals surface area (Å²) in [5.41, 5.74) is 0.785. The van der Waals surface area contributed by atoms with Crippen LogP contribution in [0.5, 0.6) is 6.01 Å². The molecule has 1 aliphatic rings. The van der Waals surface area contributed by atoms with Gasteiger partial charge in [-0.05, 0) is 19.1 Å². The highest BCUT2D eigenvalue weighted by Gasteiger charge is 2.40. The van der Waals surface area contributed by atoms with Gasteiger partial charge in [-0.2, -0.15) is 0 Å². The molecule has 3 aromatic rings. The van der Waals surface area contributed by atoms with Crippen molar-refractivity contribution in [1.82, 2.24) is 15.0 Å². The predicted molar refractivity (Wildman–Crippen MR) is 113 cm³/mol. The zero-order chi connectivity index (χ0) is 22.7. The van der Waals surface area contributed by atoms with Gasteiger partial charge in [-0.25, -0.2) is 28.1 Å². The van der Waals surface area contributed by atoms with Crippen LogP contribution >= 0.6 is 0 Å². The van der Waals surface area contributed by atoms with Gasteiger partial charge in [-0.3, -0.25) is 4.79 Å². The molecule has 166 valence electrons. The fourth-order valence-electron chi connectivity index (χ4n) is 3.46. The minimum absolute atomic E-state index is 0.0513. The zero-order valence-corrected chi connectivity index (χ0v) is 17.2. The molecule has 1 fully saturated rings. The topological polar surface area (TPSA) is 80.2 Å². The highest BCUT2D eigenvalue weighted by molar-refractivity contribution is 6.08. The number of anilines is 2. The van der Waals surface area contributed by atoms with Crippen LogP contribution in [-0.2, 0) is 0 Å². The van der Waals surface area contributed by atoms with Gasteiger partial charge in [0, 0.05) is 42.7 Å². The average molecular weight is 443 g/mol. The Morgan fingerprint density at radius 2 is 1.91 bits per heavy atom. The largest absolute Gasteiger partial charge is 0.464 e. The molecule has 0 atom stereocenters. The van der Waals surface area contributed by atoms with Gasteiger partial charge in [0.15, 0.2) is 5.82 Å². The number of rotatable bonds is 6. The van der Waals surface area contributed by atoms with Gasteiger partial charge in [-0.1, -0.05) is 18.2 Å². The summed E-state index contributed by atoms with van der Waals surface area (Å²) in [5.74, 6) is -3.84. The molecule has 10 heteroatoms. The van der Waals surface area contributed by atoms with Crippen molar-refractivity contribution >= 4 is 17.4 Å². The minimum Gasteiger partial charge on any atom is -0.464 e. The first-order valence-electron chi connectivity index (χ1n) is 10.0. The monoisotopic (exact) mass is 443 g/mol. The molecule has 0 spiro atoms. The Bertz CT molecular complexity index is 1120. The van der Waals surface area contributed by atoms with E-state index in [1.807, 2.05) is 0 Å². The Morgan fingerprint density at radius 1 is 1.16 bits per heavy atom. The van der Waals surface area contributed by atoms with Gasteiger partial charge >= 0.3 is 6.01 Å². The molecule has 1 aromatic carbocycles. The maximum atomic E-state index is 14.6. The van der Waals surface area contributed by atoms with E-state index in [-0.39, 0.29) is 41.6 Å². The number of pyridine rings is 1. The molecule has 0 radical (unpaired) electrons. The van der Waals surface area contributed by atoms with Gasteiger partial charge in [0.2, 0.25) is 0 Å². The van der Waals surface area contributed by atoms with Crippen LogP contribution in [0.2, 0.25) is 0 Å². The highest BCUT2D eigenvalue weighted by Crippen LogP contribution is 2.39. The number of carbonyl (C=O) groups is 1. The fraction of sp³-hybridized carbons (Fsp3) is 0.273. The third kappa shape index (κ3) is 4.48. The Hall–Kier alpha value is -3.69. The third-order valence-corrected chi connectivity index (χ3v) is 4.97. The smallest absolute Gasteiger partial charge is 0.316 e. The summed E-state index contributed by atoms with van der Waals surface area (Å²) < 4.78 is 47.5. The highest BCUT2D eigenvalue weighted by atomic mass is 19.3. The average Bonchev–Trinajstić information content (AvgIpc) is 3.14. The molecule has 32 heavy (non-hydrogen) atoms. The van der Waals surface area contributed by atoms with E-state index in [2.05, 4.69) is 20.3 Å². The van der Waals surface area contributed by atoms with Gasteiger partial charge in [0.05, 0.1) is 24.4 Å². The zero-order valence-electron chi connectivity index (χ0n) is 17.2. The summed E-state index contributed by atoms with van der Waals surface area (Å²) in [4.78, 5) is 26.5. The molecule has 0 aliphatic carbocycles. The fourth-order valence-corrected chi connectivity index (χ4v) is 3.46. The summed E-state index contributed by atoms with van der Waals surface area (Å²) >= 11 is 0. The summed E-state index contributed by atoms with van der Waals surface area (Å²) in [7, 11) is 0. The molecule has 0 unspecified atom stereocenters. The van der Waals surface area contributed by atoms with Crippen LogP contribution in [0, 0.1) is 5.82 Å². The first-order chi connectivity index (χ1) is 15.4. The molecule has 1 aliphatic heterocycles. The van der Waals surface area contributed by atoms with E-state index in [1.165, 1.54) is 41.7 Å². The second-order valence-corrected chi connectivity index (χ2v) is 7.21. The van der Waals surface area contributed by atoms with Crippen molar-refractivity contribution in [3.05, 3.63) is 60.3 Å². The van der Waals surface area contributed by atoms with E-state index in [0.29, 0.717) is 12.2 Å². The lowest BCUT2D eigenvalue weighted by atomic mass is 10.0. The Kier molecular flexibility index (Phi) is 5.93. The maximum Gasteiger partial charge on any atom is 0.316 e. The van der Waals surface area contributed by atoms with Crippen LogP contribution in [0.4, 0.5) is 24.7 Å². The standard InChI is InChI=1S/C22H20F3N5O2/c1-2-32-21-27-11-14(12-28-21)20(31)29-18-16(15-5-3-4-6-17(15)23)7-9-26-19(18)30-10-8-22(24,25)13-30/h3-7,9,11-12H,2,8,10,13H2,1H3,(H,29,31). The van der Waals surface area contributed by atoms with Gasteiger partial charge in [0.25, 0.3) is 11.8 Å². The number of benzene rings is 1. The summed E-state index contributed by atoms with van der Waals surface area (Å²) in [6.45, 7) is 1.66. The van der Waals surface area contributed by atoms with E-state index in [1.54, 1.807) is 19.1 Å². The van der Waals surface area contributed by atoms with Crippen molar-refractivity contribution < 1.29 is 22.7 Å². The quantitative estimate of drug-likeness (QED) is 0.616. The molecular formula is C22H20F3N5O2. The van der Waals surface area contributed by atoms with Crippen molar-refractivity contribution in [3.63, 3.8) is 0 Å². The first kappa shape index (κ1) is 21.5. The molecule has 3 heterocycles. The molecule has 4 rings (SSSR count). The second kappa shape index (κ2) is 8.81. The molecule has 1 N–H and O–H groups in total. The van der Waals surface area contributed by atoms with Crippen molar-refractivity contribution in [2.24, 2.45) is 0 Å². The van der Waals surface area contributed by atoms with Crippen molar-refractivity contribution in [2.45, 2.75) is 19.3 Å². The van der Waals surface area contributed by atoms with Crippen LogP contribution in [-0.4, -0.2) is 46.5 Å². The summed E-state index contributed by atoms with van der Waals surface area (Å²) in [6, 6.07) is 7.66. The van der Waals surface area contributed by atoms with Gasteiger partial charge in [-0.15, -0.1) is 0 Å². The number of amides is 1. The van der Waals surface area contributed by atoms with E-state index < -0.39 is 24.2 Å². The Labute approximate surface area is 182 Å². The molecule has 0 saturated carbocycles. The van der Waals surface area contributed by atoms with Crippen molar-refractivity contribution in [1.29, 1.82) is 0 Å². The lowest BCUT2D eigenvalue weighted by molar-refractivity contribution is 0.0257. The number of aromatic nitrogens is 3. The Balaban J connectivity index is 1.74. The number of nitrogens with zero attached hydrogens (tertiary/aromatic N) is 4. The lowest BCUT2D eigenvalue weighted by Gasteiger charge is -2.23. The van der Waals surface area contributed by atoms with Crippen LogP contribution in [0.15, 0.2) is 48.9 Å². The normalized spacial score (nSPS) is 14.9. The van der Waals surface area contributed by atoms with Gasteiger partial charge in [0.1, 0.15) is 5.82 Å². The van der Waals surface area contributed by atoms with Crippen LogP contribution < -0.4 is 15.0 Å². The number of alkyl halides is 2. The van der Waals surface area contributed by atoms with Crippen molar-refractivity contribution in [2.75, 3.05) is 29.9 Å². The molecule has 7 nitrogen and oxygen atoms in total. The maximum absolute atomic E-state index is 14.6. The first-order valence-corrected chi connectivity index (χ1v) is 10.0. The van der Waals surface area contributed by atoms with Gasteiger partial charge < -0.3 is 15.0 Å². The SMILES string of the molecule is CCOc1ncc(C(=O)Nc2c(-c3ccccc3F)ccnc2N2CCC(F)(F)C2)cn1. The number of hydrogen-bond donors (Lipinski definition) is 1. The molecular weight excluding hydrogens is 423 g/mol. The second-order valence-electron chi connectivity index (χ2n) is 7.21. The predicted octanol–water partition coefficient (Wildman–Crippen LogP) is 4.17. The third-order valence-electron chi connectivity index (χ3n) is 4.97. The molecule has 1 amide bonds. The van der Waals surface area contributed by atoms with E-state index >= 15 is 0 Å². The number of hydrogen-bond acceptors (Lipinski definition) is 6. The van der Waals surface area contributed by atoms with Crippen LogP contribution in [0.25, 0.3) is 11.1 Å². The number of nitrogens with one attached hydrogen (secondary N) is 1. The summed E-state index contributed by atoms with van der Waals surface area (Å²) in [5, 5.41) is 2.70. The number of ether oxygens (including phenoxy) is 1. The molecule has 0 bridgehead atoms. The Morgan fingerprint density at radius 3 is 2.56 bits per heavy atom. The van der Waals surface area contributed by atoms with E-state index in [4.69, 9.17) is 4.74 Å². The lowest BCUT2D eigenvalue weighted by Crippen LogP contribution is -2.27. The van der Waals surface area contributed by atoms with E-state index in [0.717, 1.165) is 0 Å². The van der Waals surface area contributed by atoms with E-state index in [9.17, 15) is 18.0 Å². The number of carbonyl (C=O) groups excluding carboxylic acids is 1. The van der Waals surface area contributed by atoms with Crippen LogP contribution in [0.1, 0.15) is 23.7 Å². The molecule has 2 aromatic heterocycles.